The van der Waals surface area contributed by atoms with E-state index in [4.69, 9.17) is 4.99 Å². The SMILES string of the molecule is CCNC(=NCC1CCN(C)C1)N1CCc2ccccc2C1.I. The molecule has 23 heavy (non-hydrogen) atoms. The molecule has 0 spiro atoms. The first-order valence-corrected chi connectivity index (χ1v) is 8.55. The smallest absolute Gasteiger partial charge is 0.194 e. The topological polar surface area (TPSA) is 30.9 Å². The van der Waals surface area contributed by atoms with Crippen LogP contribution in [0.2, 0.25) is 0 Å². The molecule has 3 rings (SSSR count). The van der Waals surface area contributed by atoms with E-state index in [1.165, 1.54) is 30.6 Å². The van der Waals surface area contributed by atoms with Crippen molar-refractivity contribution in [1.82, 2.24) is 15.1 Å². The molecule has 1 saturated heterocycles. The number of guanidine groups is 1. The number of nitrogens with zero attached hydrogens (tertiary/aromatic N) is 3. The van der Waals surface area contributed by atoms with Crippen molar-refractivity contribution in [3.05, 3.63) is 35.4 Å². The lowest BCUT2D eigenvalue weighted by Crippen LogP contribution is -2.44. The van der Waals surface area contributed by atoms with Gasteiger partial charge >= 0.3 is 0 Å². The number of likely N-dealkylation sites (tertiary alicyclic amines) is 1. The van der Waals surface area contributed by atoms with E-state index in [-0.39, 0.29) is 24.0 Å². The van der Waals surface area contributed by atoms with E-state index >= 15 is 0 Å². The van der Waals surface area contributed by atoms with Crippen molar-refractivity contribution < 1.29 is 0 Å². The first-order chi connectivity index (χ1) is 10.8. The summed E-state index contributed by atoms with van der Waals surface area (Å²) in [5.41, 5.74) is 2.94. The lowest BCUT2D eigenvalue weighted by molar-refractivity contribution is 0.374. The van der Waals surface area contributed by atoms with Crippen LogP contribution in [0.4, 0.5) is 0 Å². The van der Waals surface area contributed by atoms with Crippen LogP contribution in [0, 0.1) is 5.92 Å². The van der Waals surface area contributed by atoms with Crippen molar-refractivity contribution in [2.75, 3.05) is 39.8 Å². The minimum atomic E-state index is 0. The van der Waals surface area contributed by atoms with Gasteiger partial charge in [0.1, 0.15) is 0 Å². The second-order valence-electron chi connectivity index (χ2n) is 6.55. The normalized spacial score (nSPS) is 21.7. The van der Waals surface area contributed by atoms with E-state index in [1.807, 2.05) is 0 Å². The standard InChI is InChI=1S/C18H28N4.HI/c1-3-19-18(20-12-15-8-10-21(2)13-15)22-11-9-16-6-4-5-7-17(16)14-22;/h4-7,15H,3,8-14H2,1-2H3,(H,19,20);1H. The molecule has 1 fully saturated rings. The highest BCUT2D eigenvalue weighted by Crippen LogP contribution is 2.19. The molecule has 0 aliphatic carbocycles. The zero-order chi connectivity index (χ0) is 15.4. The number of halogens is 1. The lowest BCUT2D eigenvalue weighted by Gasteiger charge is -2.32. The van der Waals surface area contributed by atoms with Crippen LogP contribution in [0.25, 0.3) is 0 Å². The van der Waals surface area contributed by atoms with E-state index in [2.05, 4.69) is 53.4 Å². The van der Waals surface area contributed by atoms with Crippen molar-refractivity contribution in [3.63, 3.8) is 0 Å². The van der Waals surface area contributed by atoms with Gasteiger partial charge in [0.2, 0.25) is 0 Å². The van der Waals surface area contributed by atoms with Crippen molar-refractivity contribution >= 4 is 29.9 Å². The van der Waals surface area contributed by atoms with Gasteiger partial charge in [-0.05, 0) is 50.4 Å². The molecule has 1 N–H and O–H groups in total. The highest BCUT2D eigenvalue weighted by atomic mass is 127. The second kappa shape index (κ2) is 8.87. The third kappa shape index (κ3) is 4.83. The maximum absolute atomic E-state index is 4.93. The monoisotopic (exact) mass is 428 g/mol. The molecule has 1 atom stereocenters. The molecular weight excluding hydrogens is 399 g/mol. The number of hydrogen-bond acceptors (Lipinski definition) is 2. The van der Waals surface area contributed by atoms with E-state index < -0.39 is 0 Å². The maximum atomic E-state index is 4.93. The zero-order valence-electron chi connectivity index (χ0n) is 14.3. The Balaban J connectivity index is 0.00000192. The van der Waals surface area contributed by atoms with Crippen molar-refractivity contribution in [3.8, 4) is 0 Å². The molecule has 1 aromatic rings. The molecule has 128 valence electrons. The van der Waals surface area contributed by atoms with Crippen LogP contribution in [0.1, 0.15) is 24.5 Å². The van der Waals surface area contributed by atoms with Crippen molar-refractivity contribution in [2.45, 2.75) is 26.3 Å². The first-order valence-electron chi connectivity index (χ1n) is 8.55. The van der Waals surface area contributed by atoms with Crippen LogP contribution in [0.5, 0.6) is 0 Å². The van der Waals surface area contributed by atoms with Crippen LogP contribution in [0.3, 0.4) is 0 Å². The molecule has 1 aromatic carbocycles. The number of aliphatic imine (C=N–C) groups is 1. The molecule has 1 unspecified atom stereocenters. The van der Waals surface area contributed by atoms with Crippen LogP contribution in [-0.2, 0) is 13.0 Å². The van der Waals surface area contributed by atoms with Gasteiger partial charge in [0, 0.05) is 32.7 Å². The Bertz CT molecular complexity index is 532. The number of hydrogen-bond donors (Lipinski definition) is 1. The van der Waals surface area contributed by atoms with E-state index in [0.717, 1.165) is 44.5 Å². The number of nitrogens with one attached hydrogen (secondary N) is 1. The summed E-state index contributed by atoms with van der Waals surface area (Å²) < 4.78 is 0. The average Bonchev–Trinajstić information content (AvgIpc) is 2.96. The molecule has 5 heteroatoms. The molecule has 0 aromatic heterocycles. The highest BCUT2D eigenvalue weighted by Gasteiger charge is 2.21. The van der Waals surface area contributed by atoms with Crippen LogP contribution in [-0.4, -0.2) is 55.5 Å². The number of benzene rings is 1. The van der Waals surface area contributed by atoms with Gasteiger partial charge in [-0.3, -0.25) is 4.99 Å². The maximum Gasteiger partial charge on any atom is 0.194 e. The van der Waals surface area contributed by atoms with Crippen molar-refractivity contribution in [1.29, 1.82) is 0 Å². The highest BCUT2D eigenvalue weighted by molar-refractivity contribution is 14.0. The Morgan fingerprint density at radius 3 is 2.74 bits per heavy atom. The van der Waals surface area contributed by atoms with E-state index in [9.17, 15) is 0 Å². The lowest BCUT2D eigenvalue weighted by atomic mass is 10.0. The summed E-state index contributed by atoms with van der Waals surface area (Å²) in [5, 5.41) is 3.48. The van der Waals surface area contributed by atoms with E-state index in [0.29, 0.717) is 0 Å². The fraction of sp³-hybridized carbons (Fsp3) is 0.611. The average molecular weight is 428 g/mol. The number of fused-ring (bicyclic) bond motifs is 1. The predicted molar refractivity (Wildman–Crippen MR) is 108 cm³/mol. The molecule has 0 radical (unpaired) electrons. The Hall–Kier alpha value is -0.820. The molecule has 4 nitrogen and oxygen atoms in total. The fourth-order valence-electron chi connectivity index (χ4n) is 3.49. The molecule has 0 saturated carbocycles. The Labute approximate surface area is 157 Å². The molecule has 0 bridgehead atoms. The first kappa shape index (κ1) is 18.5. The van der Waals surface area contributed by atoms with Gasteiger partial charge < -0.3 is 15.1 Å². The second-order valence-corrected chi connectivity index (χ2v) is 6.55. The van der Waals surface area contributed by atoms with Gasteiger partial charge in [-0.15, -0.1) is 24.0 Å². The third-order valence-electron chi connectivity index (χ3n) is 4.75. The van der Waals surface area contributed by atoms with Gasteiger partial charge in [-0.2, -0.15) is 0 Å². The summed E-state index contributed by atoms with van der Waals surface area (Å²) in [6, 6.07) is 8.78. The fourth-order valence-corrected chi connectivity index (χ4v) is 3.49. The van der Waals surface area contributed by atoms with Gasteiger partial charge in [0.15, 0.2) is 5.96 Å². The summed E-state index contributed by atoms with van der Waals surface area (Å²) in [7, 11) is 2.20. The van der Waals surface area contributed by atoms with Gasteiger partial charge in [0.25, 0.3) is 0 Å². The summed E-state index contributed by atoms with van der Waals surface area (Å²) in [6.45, 7) is 8.47. The van der Waals surface area contributed by atoms with E-state index in [1.54, 1.807) is 0 Å². The summed E-state index contributed by atoms with van der Waals surface area (Å²) >= 11 is 0. The molecule has 2 aliphatic rings. The Morgan fingerprint density at radius 1 is 1.26 bits per heavy atom. The summed E-state index contributed by atoms with van der Waals surface area (Å²) in [5.74, 6) is 1.81. The van der Waals surface area contributed by atoms with Gasteiger partial charge in [-0.25, -0.2) is 0 Å². The summed E-state index contributed by atoms with van der Waals surface area (Å²) in [6.07, 6.45) is 2.40. The minimum absolute atomic E-state index is 0. The van der Waals surface area contributed by atoms with Gasteiger partial charge in [0.05, 0.1) is 0 Å². The molecule has 2 aliphatic heterocycles. The predicted octanol–water partition coefficient (Wildman–Crippen LogP) is 2.58. The quantitative estimate of drug-likeness (QED) is 0.456. The number of rotatable bonds is 3. The van der Waals surface area contributed by atoms with Crippen LogP contribution < -0.4 is 5.32 Å². The summed E-state index contributed by atoms with van der Waals surface area (Å²) in [4.78, 5) is 9.75. The third-order valence-corrected chi connectivity index (χ3v) is 4.75. The van der Waals surface area contributed by atoms with Crippen LogP contribution >= 0.6 is 24.0 Å². The largest absolute Gasteiger partial charge is 0.357 e. The van der Waals surface area contributed by atoms with Gasteiger partial charge in [-0.1, -0.05) is 24.3 Å². The Morgan fingerprint density at radius 2 is 2.04 bits per heavy atom. The minimum Gasteiger partial charge on any atom is -0.357 e. The Kier molecular flexibility index (Phi) is 7.14. The molecule has 0 amide bonds. The molecular formula is C18H29IN4. The molecule has 2 heterocycles. The van der Waals surface area contributed by atoms with Crippen LogP contribution in [0.15, 0.2) is 29.3 Å². The van der Waals surface area contributed by atoms with Crippen molar-refractivity contribution in [2.24, 2.45) is 10.9 Å². The zero-order valence-corrected chi connectivity index (χ0v) is 16.6.